The second-order valence-corrected chi connectivity index (χ2v) is 8.55. The molecule has 1 aromatic carbocycles. The molecule has 0 saturated heterocycles. The lowest BCUT2D eigenvalue weighted by molar-refractivity contribution is 0.0208. The Labute approximate surface area is 169 Å². The van der Waals surface area contributed by atoms with Crippen LogP contribution in [0.5, 0.6) is 5.88 Å². The molecule has 2 aromatic rings. The SMILES string of the molecule is COC1COc2c(SNC(=O)Nc3c4c(cc5c3CCC5)CCC4)ccn2C1. The number of urea groups is 1. The molecule has 3 aliphatic rings. The number of nitrogens with one attached hydrogen (secondary N) is 2. The average Bonchev–Trinajstić information content (AvgIpc) is 3.44. The molecule has 0 fully saturated rings. The fraction of sp³-hybridized carbons (Fsp3) is 0.476. The van der Waals surface area contributed by atoms with Crippen LogP contribution in [0.15, 0.2) is 23.2 Å². The Balaban J connectivity index is 1.28. The van der Waals surface area contributed by atoms with E-state index in [9.17, 15) is 4.79 Å². The molecule has 0 bridgehead atoms. The van der Waals surface area contributed by atoms with Crippen LogP contribution in [0.1, 0.15) is 35.1 Å². The van der Waals surface area contributed by atoms with Crippen LogP contribution in [0.2, 0.25) is 0 Å². The number of ether oxygens (including phenoxy) is 2. The summed E-state index contributed by atoms with van der Waals surface area (Å²) in [6.45, 7) is 1.30. The molecule has 1 aromatic heterocycles. The molecule has 2 heterocycles. The van der Waals surface area contributed by atoms with Gasteiger partial charge in [0.2, 0.25) is 5.88 Å². The summed E-state index contributed by atoms with van der Waals surface area (Å²) < 4.78 is 16.1. The molecule has 0 radical (unpaired) electrons. The molecule has 148 valence electrons. The zero-order valence-corrected chi connectivity index (χ0v) is 16.9. The summed E-state index contributed by atoms with van der Waals surface area (Å²) in [5.74, 6) is 0.792. The molecule has 0 saturated carbocycles. The highest BCUT2D eigenvalue weighted by atomic mass is 32.2. The topological polar surface area (TPSA) is 64.5 Å². The molecule has 0 spiro atoms. The van der Waals surface area contributed by atoms with Crippen LogP contribution in [0.3, 0.4) is 0 Å². The summed E-state index contributed by atoms with van der Waals surface area (Å²) >= 11 is 1.30. The Hall–Kier alpha value is -2.12. The second-order valence-electron chi connectivity index (χ2n) is 7.70. The van der Waals surface area contributed by atoms with E-state index in [0.717, 1.165) is 48.7 Å². The molecule has 2 N–H and O–H groups in total. The molecule has 2 amide bonds. The maximum atomic E-state index is 12.7. The Kier molecular flexibility index (Phi) is 4.72. The largest absolute Gasteiger partial charge is 0.475 e. The predicted molar refractivity (Wildman–Crippen MR) is 109 cm³/mol. The smallest absolute Gasteiger partial charge is 0.329 e. The Morgan fingerprint density at radius 1 is 1.21 bits per heavy atom. The molecule has 28 heavy (non-hydrogen) atoms. The number of fused-ring (bicyclic) bond motifs is 3. The third-order valence-electron chi connectivity index (χ3n) is 5.98. The van der Waals surface area contributed by atoms with Crippen molar-refractivity contribution in [2.45, 2.75) is 56.1 Å². The number of aryl methyl sites for hydroxylation is 2. The summed E-state index contributed by atoms with van der Waals surface area (Å²) in [4.78, 5) is 13.6. The van der Waals surface area contributed by atoms with Crippen molar-refractivity contribution in [1.82, 2.24) is 9.29 Å². The van der Waals surface area contributed by atoms with Crippen molar-refractivity contribution in [2.24, 2.45) is 0 Å². The zero-order valence-electron chi connectivity index (χ0n) is 16.0. The van der Waals surface area contributed by atoms with E-state index < -0.39 is 0 Å². The van der Waals surface area contributed by atoms with Crippen LogP contribution in [0.25, 0.3) is 0 Å². The second kappa shape index (κ2) is 7.37. The summed E-state index contributed by atoms with van der Waals surface area (Å²) in [7, 11) is 1.70. The third-order valence-corrected chi connectivity index (χ3v) is 6.80. The molecule has 7 heteroatoms. The van der Waals surface area contributed by atoms with E-state index >= 15 is 0 Å². The Bertz CT molecular complexity index is 892. The van der Waals surface area contributed by atoms with Crippen molar-refractivity contribution in [3.05, 3.63) is 40.6 Å². The van der Waals surface area contributed by atoms with Crippen molar-refractivity contribution in [3.63, 3.8) is 0 Å². The van der Waals surface area contributed by atoms with Gasteiger partial charge in [0.1, 0.15) is 12.7 Å². The van der Waals surface area contributed by atoms with Gasteiger partial charge in [-0.2, -0.15) is 0 Å². The summed E-state index contributed by atoms with van der Waals surface area (Å²) in [5, 5.41) is 3.16. The van der Waals surface area contributed by atoms with E-state index in [1.54, 1.807) is 7.11 Å². The fourth-order valence-corrected chi connectivity index (χ4v) is 5.25. The van der Waals surface area contributed by atoms with Gasteiger partial charge in [0, 0.05) is 19.0 Å². The Morgan fingerprint density at radius 3 is 2.68 bits per heavy atom. The van der Waals surface area contributed by atoms with E-state index in [1.807, 2.05) is 16.8 Å². The van der Waals surface area contributed by atoms with Gasteiger partial charge in [-0.05, 0) is 78.8 Å². The lowest BCUT2D eigenvalue weighted by Crippen LogP contribution is -2.31. The first-order valence-corrected chi connectivity index (χ1v) is 10.8. The number of benzene rings is 1. The molecule has 2 aliphatic carbocycles. The number of aromatic nitrogens is 1. The number of anilines is 1. The van der Waals surface area contributed by atoms with Gasteiger partial charge in [0.15, 0.2) is 0 Å². The molecule has 5 rings (SSSR count). The summed E-state index contributed by atoms with van der Waals surface area (Å²) in [6, 6.07) is 4.17. The van der Waals surface area contributed by atoms with Crippen molar-refractivity contribution < 1.29 is 14.3 Å². The first-order valence-electron chi connectivity index (χ1n) is 9.98. The lowest BCUT2D eigenvalue weighted by Gasteiger charge is -2.24. The number of amides is 2. The summed E-state index contributed by atoms with van der Waals surface area (Å²) in [5.41, 5.74) is 6.60. The monoisotopic (exact) mass is 399 g/mol. The number of carbonyl (C=O) groups excluding carboxylic acids is 1. The van der Waals surface area contributed by atoms with Gasteiger partial charge >= 0.3 is 6.03 Å². The standard InChI is InChI=1S/C21H25N3O3S/c1-26-15-11-24-9-8-18(20(24)27-12-15)28-23-21(25)22-19-16-6-2-4-13(16)10-14-5-3-7-17(14)19/h8-10,15H,2-7,11-12H2,1H3,(H2,22,23,25). The minimum absolute atomic E-state index is 0.0660. The maximum absolute atomic E-state index is 12.7. The number of carbonyl (C=O) groups is 1. The lowest BCUT2D eigenvalue weighted by atomic mass is 9.99. The van der Waals surface area contributed by atoms with Crippen molar-refractivity contribution in [2.75, 3.05) is 19.0 Å². The van der Waals surface area contributed by atoms with E-state index in [4.69, 9.17) is 9.47 Å². The van der Waals surface area contributed by atoms with Gasteiger partial charge in [-0.25, -0.2) is 4.79 Å². The quantitative estimate of drug-likeness (QED) is 0.770. The Morgan fingerprint density at radius 2 is 1.96 bits per heavy atom. The van der Waals surface area contributed by atoms with Gasteiger partial charge in [0.05, 0.1) is 11.4 Å². The minimum Gasteiger partial charge on any atom is -0.475 e. The van der Waals surface area contributed by atoms with Gasteiger partial charge in [-0.1, -0.05) is 6.07 Å². The normalized spacial score (nSPS) is 19.5. The van der Waals surface area contributed by atoms with Crippen LogP contribution in [0, 0.1) is 0 Å². The van der Waals surface area contributed by atoms with Crippen LogP contribution >= 0.6 is 11.9 Å². The third kappa shape index (κ3) is 3.16. The number of hydrogen-bond donors (Lipinski definition) is 2. The molecular weight excluding hydrogens is 374 g/mol. The highest BCUT2D eigenvalue weighted by molar-refractivity contribution is 7.98. The van der Waals surface area contributed by atoms with Crippen molar-refractivity contribution in [1.29, 1.82) is 0 Å². The first kappa shape index (κ1) is 17.9. The van der Waals surface area contributed by atoms with Gasteiger partial charge in [-0.3, -0.25) is 4.72 Å². The average molecular weight is 400 g/mol. The molecule has 6 nitrogen and oxygen atoms in total. The molecule has 1 unspecified atom stereocenters. The predicted octanol–water partition coefficient (Wildman–Crippen LogP) is 3.70. The van der Waals surface area contributed by atoms with Crippen molar-refractivity contribution >= 4 is 23.7 Å². The molecule has 1 atom stereocenters. The maximum Gasteiger partial charge on any atom is 0.329 e. The highest BCUT2D eigenvalue weighted by Crippen LogP contribution is 2.39. The van der Waals surface area contributed by atoms with E-state index in [1.165, 1.54) is 47.0 Å². The van der Waals surface area contributed by atoms with Gasteiger partial charge in [0.25, 0.3) is 0 Å². The van der Waals surface area contributed by atoms with Crippen LogP contribution in [-0.4, -0.2) is 30.4 Å². The molecular formula is C21H25N3O3S. The number of methoxy groups -OCH3 is 1. The van der Waals surface area contributed by atoms with Crippen LogP contribution in [0.4, 0.5) is 10.5 Å². The van der Waals surface area contributed by atoms with Crippen LogP contribution in [-0.2, 0) is 37.0 Å². The van der Waals surface area contributed by atoms with E-state index in [0.29, 0.717) is 6.61 Å². The van der Waals surface area contributed by atoms with E-state index in [2.05, 4.69) is 16.1 Å². The molecule has 1 aliphatic heterocycles. The minimum atomic E-state index is -0.176. The van der Waals surface area contributed by atoms with Gasteiger partial charge in [-0.15, -0.1) is 0 Å². The van der Waals surface area contributed by atoms with Crippen LogP contribution < -0.4 is 14.8 Å². The fourth-order valence-electron chi connectivity index (χ4n) is 4.61. The number of hydrogen-bond acceptors (Lipinski definition) is 4. The zero-order chi connectivity index (χ0) is 19.1. The first-order chi connectivity index (χ1) is 13.7. The van der Waals surface area contributed by atoms with Gasteiger partial charge < -0.3 is 19.4 Å². The van der Waals surface area contributed by atoms with E-state index in [-0.39, 0.29) is 12.1 Å². The number of rotatable bonds is 4. The highest BCUT2D eigenvalue weighted by Gasteiger charge is 2.26. The summed E-state index contributed by atoms with van der Waals surface area (Å²) in [6.07, 6.45) is 8.78. The number of nitrogens with zero attached hydrogens (tertiary/aromatic N) is 1. The van der Waals surface area contributed by atoms with Crippen molar-refractivity contribution in [3.8, 4) is 5.88 Å².